The number of benzene rings is 1. The molecule has 0 bridgehead atoms. The van der Waals surface area contributed by atoms with Gasteiger partial charge in [-0.2, -0.15) is 5.10 Å². The van der Waals surface area contributed by atoms with Gasteiger partial charge in [-0.3, -0.25) is 4.90 Å². The Morgan fingerprint density at radius 1 is 1.09 bits per heavy atom. The van der Waals surface area contributed by atoms with Crippen molar-refractivity contribution in [2.75, 3.05) is 49.6 Å². The summed E-state index contributed by atoms with van der Waals surface area (Å²) in [6, 6.07) is 7.25. The number of aromatic nitrogens is 3. The summed E-state index contributed by atoms with van der Waals surface area (Å²) in [7, 11) is 0. The van der Waals surface area contributed by atoms with Crippen LogP contribution in [0.25, 0.3) is 10.8 Å². The highest BCUT2D eigenvalue weighted by Gasteiger charge is 2.30. The van der Waals surface area contributed by atoms with Crippen LogP contribution in [0.3, 0.4) is 0 Å². The molecule has 180 valence electrons. The predicted octanol–water partition coefficient (Wildman–Crippen LogP) is 4.27. The van der Waals surface area contributed by atoms with Gasteiger partial charge in [0.05, 0.1) is 31.0 Å². The van der Waals surface area contributed by atoms with Crippen LogP contribution in [-0.2, 0) is 4.74 Å². The molecule has 1 N–H and O–H groups in total. The van der Waals surface area contributed by atoms with Crippen LogP contribution in [0.5, 0.6) is 0 Å². The molecular formula is C25H30F2N6O. The number of nitrogens with one attached hydrogen (secondary N) is 1. The number of aryl methyl sites for hydroxylation is 1. The second-order valence-corrected chi connectivity index (χ2v) is 9.16. The van der Waals surface area contributed by atoms with Gasteiger partial charge in [0.25, 0.3) is 6.43 Å². The Morgan fingerprint density at radius 3 is 2.74 bits per heavy atom. The number of hydrogen-bond acceptors (Lipinski definition) is 7. The molecule has 0 radical (unpaired) electrons. The zero-order valence-corrected chi connectivity index (χ0v) is 19.8. The van der Waals surface area contributed by atoms with E-state index in [-0.39, 0.29) is 11.6 Å². The molecule has 7 nitrogen and oxygen atoms in total. The lowest BCUT2D eigenvalue weighted by molar-refractivity contribution is -0.0117. The maximum absolute atomic E-state index is 13.4. The number of ether oxygens (including phenoxy) is 1. The first-order valence-electron chi connectivity index (χ1n) is 11.8. The van der Waals surface area contributed by atoms with Gasteiger partial charge in [-0.05, 0) is 38.0 Å². The highest BCUT2D eigenvalue weighted by atomic mass is 19.3. The van der Waals surface area contributed by atoms with Crippen LogP contribution >= 0.6 is 0 Å². The fourth-order valence-corrected chi connectivity index (χ4v) is 5.06. The van der Waals surface area contributed by atoms with Gasteiger partial charge in [-0.25, -0.2) is 13.8 Å². The molecule has 0 amide bonds. The van der Waals surface area contributed by atoms with Crippen LogP contribution in [0.1, 0.15) is 41.8 Å². The minimum Gasteiger partial charge on any atom is -0.378 e. The van der Waals surface area contributed by atoms with E-state index in [9.17, 15) is 8.78 Å². The topological polar surface area (TPSA) is 66.4 Å². The summed E-state index contributed by atoms with van der Waals surface area (Å²) in [6.07, 6.45) is -0.646. The third-order valence-electron chi connectivity index (χ3n) is 7.07. The van der Waals surface area contributed by atoms with Crippen LogP contribution in [-0.4, -0.2) is 65.5 Å². The van der Waals surface area contributed by atoms with E-state index >= 15 is 0 Å². The number of morpholine rings is 1. The average molecular weight is 469 g/mol. The first-order valence-corrected chi connectivity index (χ1v) is 11.8. The Hall–Kier alpha value is -2.91. The molecule has 2 atom stereocenters. The van der Waals surface area contributed by atoms with Crippen molar-refractivity contribution in [1.29, 1.82) is 0 Å². The quantitative estimate of drug-likeness (QED) is 0.600. The van der Waals surface area contributed by atoms with Crippen LogP contribution in [0, 0.1) is 13.8 Å². The number of halogens is 2. The van der Waals surface area contributed by atoms with Gasteiger partial charge in [-0.1, -0.05) is 18.2 Å². The molecule has 1 aromatic carbocycles. The van der Waals surface area contributed by atoms with E-state index in [1.165, 1.54) is 6.07 Å². The lowest BCUT2D eigenvalue weighted by Crippen LogP contribution is -2.58. The van der Waals surface area contributed by atoms with Crippen molar-refractivity contribution in [3.8, 4) is 0 Å². The van der Waals surface area contributed by atoms with E-state index in [0.717, 1.165) is 67.2 Å². The molecule has 34 heavy (non-hydrogen) atoms. The molecule has 5 rings (SSSR count). The second-order valence-electron chi connectivity index (χ2n) is 9.16. The van der Waals surface area contributed by atoms with Crippen molar-refractivity contribution in [3.05, 3.63) is 52.8 Å². The SMILES string of the molecule is Cc1c(C(F)F)cccc1[C@@H](C)Nc1nnc(C)c2cnc(N3CCN4CCOC[C@@H]4C3)cc12. The zero-order valence-electron chi connectivity index (χ0n) is 19.8. The Kier molecular flexibility index (Phi) is 6.31. The van der Waals surface area contributed by atoms with Gasteiger partial charge in [0.15, 0.2) is 5.82 Å². The zero-order chi connectivity index (χ0) is 23.8. The normalized spacial score (nSPS) is 19.9. The summed E-state index contributed by atoms with van der Waals surface area (Å²) < 4.78 is 32.5. The third-order valence-corrected chi connectivity index (χ3v) is 7.07. The smallest absolute Gasteiger partial charge is 0.264 e. The summed E-state index contributed by atoms with van der Waals surface area (Å²) in [5.74, 6) is 1.52. The van der Waals surface area contributed by atoms with Crippen molar-refractivity contribution in [3.63, 3.8) is 0 Å². The first kappa shape index (κ1) is 22.9. The van der Waals surface area contributed by atoms with Crippen molar-refractivity contribution in [2.45, 2.75) is 39.3 Å². The maximum Gasteiger partial charge on any atom is 0.264 e. The summed E-state index contributed by atoms with van der Waals surface area (Å²) >= 11 is 0. The maximum atomic E-state index is 13.4. The van der Waals surface area contributed by atoms with Crippen LogP contribution in [0.15, 0.2) is 30.5 Å². The molecule has 0 unspecified atom stereocenters. The molecule has 2 saturated heterocycles. The Balaban J connectivity index is 1.45. The monoisotopic (exact) mass is 468 g/mol. The summed E-state index contributed by atoms with van der Waals surface area (Å²) in [4.78, 5) is 9.53. The van der Waals surface area contributed by atoms with Crippen molar-refractivity contribution < 1.29 is 13.5 Å². The molecule has 2 aliphatic heterocycles. The highest BCUT2D eigenvalue weighted by molar-refractivity contribution is 5.94. The number of hydrogen-bond donors (Lipinski definition) is 1. The van der Waals surface area contributed by atoms with E-state index in [1.54, 1.807) is 13.0 Å². The first-order chi connectivity index (χ1) is 16.4. The Labute approximate surface area is 198 Å². The third kappa shape index (κ3) is 4.30. The number of rotatable bonds is 5. The summed E-state index contributed by atoms with van der Waals surface area (Å²) in [6.45, 7) is 10.9. The fourth-order valence-electron chi connectivity index (χ4n) is 5.06. The number of piperazine rings is 1. The van der Waals surface area contributed by atoms with Gasteiger partial charge in [0, 0.05) is 48.7 Å². The molecule has 2 aromatic heterocycles. The lowest BCUT2D eigenvalue weighted by atomic mass is 9.97. The van der Waals surface area contributed by atoms with Gasteiger partial charge in [0.2, 0.25) is 0 Å². The standard InChI is InChI=1S/C25H30F2N6O/c1-15-19(5-4-6-20(15)24(26)27)16(2)29-25-21-11-23(28-12-22(21)17(3)30-31-25)33-8-7-32-9-10-34-14-18(32)13-33/h4-6,11-12,16,18,24H,7-10,13-14H2,1-3H3,(H,29,31)/t16-,18+/m1/s1. The van der Waals surface area contributed by atoms with Gasteiger partial charge in [0.1, 0.15) is 5.82 Å². The Bertz CT molecular complexity index is 1190. The summed E-state index contributed by atoms with van der Waals surface area (Å²) in [5.41, 5.74) is 2.27. The largest absolute Gasteiger partial charge is 0.378 e. The van der Waals surface area contributed by atoms with E-state index < -0.39 is 6.43 Å². The van der Waals surface area contributed by atoms with Gasteiger partial charge in [-0.15, -0.1) is 5.10 Å². The molecule has 0 aliphatic carbocycles. The molecule has 2 aliphatic rings. The van der Waals surface area contributed by atoms with Crippen molar-refractivity contribution in [1.82, 2.24) is 20.1 Å². The van der Waals surface area contributed by atoms with Crippen LogP contribution < -0.4 is 10.2 Å². The van der Waals surface area contributed by atoms with E-state index in [0.29, 0.717) is 17.4 Å². The second kappa shape index (κ2) is 9.38. The minimum absolute atomic E-state index is 0.0586. The molecule has 2 fully saturated rings. The lowest BCUT2D eigenvalue weighted by Gasteiger charge is -2.44. The van der Waals surface area contributed by atoms with E-state index in [4.69, 9.17) is 9.72 Å². The molecule has 0 saturated carbocycles. The molecular weight excluding hydrogens is 438 g/mol. The predicted molar refractivity (Wildman–Crippen MR) is 129 cm³/mol. The van der Waals surface area contributed by atoms with Crippen LogP contribution in [0.4, 0.5) is 20.4 Å². The van der Waals surface area contributed by atoms with Gasteiger partial charge < -0.3 is 15.0 Å². The number of fused-ring (bicyclic) bond motifs is 2. The Morgan fingerprint density at radius 2 is 1.91 bits per heavy atom. The molecule has 9 heteroatoms. The van der Waals surface area contributed by atoms with Gasteiger partial charge >= 0.3 is 0 Å². The number of anilines is 2. The minimum atomic E-state index is -2.50. The average Bonchev–Trinajstić information content (AvgIpc) is 2.85. The summed E-state index contributed by atoms with van der Waals surface area (Å²) in [5, 5.41) is 14.0. The number of nitrogens with zero attached hydrogens (tertiary/aromatic N) is 5. The van der Waals surface area contributed by atoms with Crippen LogP contribution in [0.2, 0.25) is 0 Å². The molecule has 3 aromatic rings. The number of pyridine rings is 1. The van der Waals surface area contributed by atoms with E-state index in [1.807, 2.05) is 26.1 Å². The van der Waals surface area contributed by atoms with Crippen molar-refractivity contribution in [2.24, 2.45) is 0 Å². The fraction of sp³-hybridized carbons (Fsp3) is 0.480. The molecule has 4 heterocycles. The molecule has 0 spiro atoms. The van der Waals surface area contributed by atoms with E-state index in [2.05, 4.69) is 31.4 Å². The van der Waals surface area contributed by atoms with Crippen molar-refractivity contribution >= 4 is 22.4 Å². The number of alkyl halides is 2. The highest BCUT2D eigenvalue weighted by Crippen LogP contribution is 2.32.